The highest BCUT2D eigenvalue weighted by molar-refractivity contribution is 6.39. The van der Waals surface area contributed by atoms with Crippen molar-refractivity contribution in [3.05, 3.63) is 0 Å². The molecule has 0 N–H and O–H groups in total. The Labute approximate surface area is 97.5 Å². The van der Waals surface area contributed by atoms with Gasteiger partial charge in [0.1, 0.15) is 7.28 Å². The summed E-state index contributed by atoms with van der Waals surface area (Å²) in [6.45, 7) is 4.76. The summed E-state index contributed by atoms with van der Waals surface area (Å²) in [6.07, 6.45) is 15.0. The van der Waals surface area contributed by atoms with Crippen LogP contribution < -0.4 is 0 Å². The highest BCUT2D eigenvalue weighted by Gasteiger charge is 2.12. The van der Waals surface area contributed by atoms with Crippen LogP contribution in [0.2, 0.25) is 11.6 Å². The third-order valence-corrected chi connectivity index (χ3v) is 3.78. The highest BCUT2D eigenvalue weighted by atomic mass is 14.1. The molecule has 1 aliphatic carbocycles. The summed E-state index contributed by atoms with van der Waals surface area (Å²) in [5.74, 6) is 1.95. The largest absolute Gasteiger partial charge is 0.126 e. The molecule has 0 bridgehead atoms. The highest BCUT2D eigenvalue weighted by Crippen LogP contribution is 2.27. The minimum Gasteiger partial charge on any atom is -0.0710 e. The van der Waals surface area contributed by atoms with E-state index >= 15 is 0 Å². The second-order valence-electron chi connectivity index (χ2n) is 5.90. The lowest BCUT2D eigenvalue weighted by molar-refractivity contribution is 0.577. The Balaban J connectivity index is 2.25. The summed E-state index contributed by atoms with van der Waals surface area (Å²) in [6, 6.07) is 0. The first kappa shape index (κ1) is 13.1. The molecule has 0 saturated heterocycles. The van der Waals surface area contributed by atoms with Gasteiger partial charge in [-0.15, -0.1) is 0 Å². The van der Waals surface area contributed by atoms with E-state index in [0.717, 1.165) is 11.6 Å². The first-order valence-electron chi connectivity index (χ1n) is 7.29. The molecular formula is C14H29B. The van der Waals surface area contributed by atoms with E-state index in [2.05, 4.69) is 13.8 Å². The molecule has 1 rings (SSSR count). The molecule has 0 aromatic heterocycles. The van der Waals surface area contributed by atoms with Crippen LogP contribution in [0, 0.1) is 0 Å². The Morgan fingerprint density at radius 1 is 0.733 bits per heavy atom. The van der Waals surface area contributed by atoms with Gasteiger partial charge in [-0.25, -0.2) is 0 Å². The summed E-state index contributed by atoms with van der Waals surface area (Å²) >= 11 is 0. The van der Waals surface area contributed by atoms with Gasteiger partial charge in [-0.3, -0.25) is 0 Å². The maximum absolute atomic E-state index is 2.38. The van der Waals surface area contributed by atoms with E-state index in [0.29, 0.717) is 0 Å². The van der Waals surface area contributed by atoms with Gasteiger partial charge < -0.3 is 0 Å². The van der Waals surface area contributed by atoms with Crippen LogP contribution in [0.5, 0.6) is 0 Å². The van der Waals surface area contributed by atoms with Crippen molar-refractivity contribution in [1.82, 2.24) is 0 Å². The van der Waals surface area contributed by atoms with Crippen LogP contribution in [-0.4, -0.2) is 7.28 Å². The molecule has 0 atom stereocenters. The maximum atomic E-state index is 2.38. The predicted octanol–water partition coefficient (Wildman–Crippen LogP) is 4.95. The van der Waals surface area contributed by atoms with Gasteiger partial charge in [0.05, 0.1) is 0 Å². The Morgan fingerprint density at radius 3 is 1.53 bits per heavy atom. The number of hydrogen-bond acceptors (Lipinski definition) is 0. The SMILES string of the molecule is CC(C)BC1CCCCCCCCCC1. The van der Waals surface area contributed by atoms with Crippen molar-refractivity contribution < 1.29 is 0 Å². The molecule has 0 unspecified atom stereocenters. The summed E-state index contributed by atoms with van der Waals surface area (Å²) in [5, 5.41) is 0. The van der Waals surface area contributed by atoms with Gasteiger partial charge in [-0.2, -0.15) is 0 Å². The van der Waals surface area contributed by atoms with Crippen molar-refractivity contribution in [1.29, 1.82) is 0 Å². The Morgan fingerprint density at radius 2 is 1.13 bits per heavy atom. The lowest BCUT2D eigenvalue weighted by Gasteiger charge is -2.17. The van der Waals surface area contributed by atoms with Crippen LogP contribution >= 0.6 is 0 Å². The minimum atomic E-state index is 0.903. The van der Waals surface area contributed by atoms with Gasteiger partial charge in [-0.1, -0.05) is 89.7 Å². The van der Waals surface area contributed by atoms with Crippen LogP contribution in [0.3, 0.4) is 0 Å². The van der Waals surface area contributed by atoms with Crippen molar-refractivity contribution in [2.24, 2.45) is 0 Å². The van der Waals surface area contributed by atoms with Crippen molar-refractivity contribution in [2.75, 3.05) is 0 Å². The quantitative estimate of drug-likeness (QED) is 0.563. The molecule has 15 heavy (non-hydrogen) atoms. The van der Waals surface area contributed by atoms with Gasteiger partial charge in [0.25, 0.3) is 0 Å². The Hall–Kier alpha value is 0.0649. The van der Waals surface area contributed by atoms with Crippen LogP contribution in [0.1, 0.15) is 78.1 Å². The van der Waals surface area contributed by atoms with E-state index < -0.39 is 0 Å². The molecular weight excluding hydrogens is 179 g/mol. The molecule has 0 aromatic rings. The van der Waals surface area contributed by atoms with E-state index in [1.54, 1.807) is 0 Å². The fraction of sp³-hybridized carbons (Fsp3) is 1.00. The fourth-order valence-electron chi connectivity index (χ4n) is 2.97. The molecule has 1 heteroatoms. The third kappa shape index (κ3) is 7.03. The van der Waals surface area contributed by atoms with Crippen molar-refractivity contribution in [3.8, 4) is 0 Å². The van der Waals surface area contributed by atoms with Crippen molar-refractivity contribution in [3.63, 3.8) is 0 Å². The molecule has 1 fully saturated rings. The molecule has 1 aliphatic rings. The molecule has 0 aliphatic heterocycles. The molecule has 88 valence electrons. The van der Waals surface area contributed by atoms with E-state index in [1.165, 1.54) is 71.5 Å². The van der Waals surface area contributed by atoms with Crippen molar-refractivity contribution in [2.45, 2.75) is 89.7 Å². The number of hydrogen-bond donors (Lipinski definition) is 0. The lowest BCUT2D eigenvalue weighted by Crippen LogP contribution is -2.07. The minimum absolute atomic E-state index is 0.903. The fourth-order valence-corrected chi connectivity index (χ4v) is 2.97. The average Bonchev–Trinajstić information content (AvgIpc) is 2.23. The second-order valence-corrected chi connectivity index (χ2v) is 5.90. The normalized spacial score (nSPS) is 22.3. The van der Waals surface area contributed by atoms with E-state index in [1.807, 2.05) is 0 Å². The molecule has 0 nitrogen and oxygen atoms in total. The van der Waals surface area contributed by atoms with E-state index in [9.17, 15) is 0 Å². The standard InChI is InChI=1S/C14H29B/c1-13(2)15-14-11-9-7-5-3-4-6-8-10-12-14/h13-15H,3-12H2,1-2H3. The zero-order valence-electron chi connectivity index (χ0n) is 10.9. The van der Waals surface area contributed by atoms with Crippen LogP contribution in [-0.2, 0) is 0 Å². The second kappa shape index (κ2) is 8.24. The van der Waals surface area contributed by atoms with Crippen LogP contribution in [0.15, 0.2) is 0 Å². The smallest absolute Gasteiger partial charge is 0.0710 e. The molecule has 0 spiro atoms. The summed E-state index contributed by atoms with van der Waals surface area (Å²) in [4.78, 5) is 0. The zero-order valence-corrected chi connectivity index (χ0v) is 10.9. The monoisotopic (exact) mass is 208 g/mol. The van der Waals surface area contributed by atoms with Gasteiger partial charge in [0, 0.05) is 0 Å². The van der Waals surface area contributed by atoms with Gasteiger partial charge in [-0.05, 0) is 0 Å². The summed E-state index contributed by atoms with van der Waals surface area (Å²) < 4.78 is 0. The Bertz CT molecular complexity index is 130. The van der Waals surface area contributed by atoms with Crippen LogP contribution in [0.4, 0.5) is 0 Å². The molecule has 0 aromatic carbocycles. The van der Waals surface area contributed by atoms with Crippen molar-refractivity contribution >= 4 is 7.28 Å². The zero-order chi connectivity index (χ0) is 10.9. The van der Waals surface area contributed by atoms with E-state index in [-0.39, 0.29) is 0 Å². The molecule has 0 radical (unpaired) electrons. The van der Waals surface area contributed by atoms with Gasteiger partial charge >= 0.3 is 0 Å². The predicted molar refractivity (Wildman–Crippen MR) is 72.2 cm³/mol. The molecule has 0 heterocycles. The first-order valence-corrected chi connectivity index (χ1v) is 7.29. The Kier molecular flexibility index (Phi) is 7.22. The topological polar surface area (TPSA) is 0 Å². The summed E-state index contributed by atoms with van der Waals surface area (Å²) in [7, 11) is 1.47. The molecule has 0 amide bonds. The third-order valence-electron chi connectivity index (χ3n) is 3.78. The first-order chi connectivity index (χ1) is 7.29. The number of rotatable bonds is 2. The van der Waals surface area contributed by atoms with Gasteiger partial charge in [0.2, 0.25) is 0 Å². The van der Waals surface area contributed by atoms with E-state index in [4.69, 9.17) is 0 Å². The molecule has 1 saturated carbocycles. The lowest BCUT2D eigenvalue weighted by atomic mass is 9.53. The summed E-state index contributed by atoms with van der Waals surface area (Å²) in [5.41, 5.74) is 0. The maximum Gasteiger partial charge on any atom is 0.126 e. The average molecular weight is 208 g/mol. The van der Waals surface area contributed by atoms with Gasteiger partial charge in [0.15, 0.2) is 0 Å². The van der Waals surface area contributed by atoms with Crippen LogP contribution in [0.25, 0.3) is 0 Å².